The Balaban J connectivity index is 1.62. The standard InChI is InChI=1S/C17H29N5O/c1-4-20-9-11-21(12-10-20)15-5-8-22(13-15)16-17(23-14(2)3)19-7-6-18-16/h6-7,14-15H,4-5,8-13H2,1-3H3. The van der Waals surface area contributed by atoms with Crippen molar-refractivity contribution >= 4 is 5.82 Å². The van der Waals surface area contributed by atoms with E-state index in [1.165, 1.54) is 39.1 Å². The molecular weight excluding hydrogens is 290 g/mol. The summed E-state index contributed by atoms with van der Waals surface area (Å²) >= 11 is 0. The van der Waals surface area contributed by atoms with E-state index in [0.717, 1.165) is 18.9 Å². The van der Waals surface area contributed by atoms with Gasteiger partial charge >= 0.3 is 0 Å². The highest BCUT2D eigenvalue weighted by Crippen LogP contribution is 2.28. The van der Waals surface area contributed by atoms with Crippen molar-refractivity contribution in [3.8, 4) is 5.88 Å². The third-order valence-electron chi connectivity index (χ3n) is 4.83. The predicted octanol–water partition coefficient (Wildman–Crippen LogP) is 1.48. The molecule has 2 fully saturated rings. The van der Waals surface area contributed by atoms with E-state index >= 15 is 0 Å². The van der Waals surface area contributed by atoms with Gasteiger partial charge < -0.3 is 14.5 Å². The maximum absolute atomic E-state index is 5.83. The van der Waals surface area contributed by atoms with E-state index in [1.807, 2.05) is 13.8 Å². The molecule has 0 spiro atoms. The monoisotopic (exact) mass is 319 g/mol. The van der Waals surface area contributed by atoms with Gasteiger partial charge in [0.05, 0.1) is 6.10 Å². The molecule has 0 amide bonds. The molecule has 2 aliphatic heterocycles. The Morgan fingerprint density at radius 1 is 1.13 bits per heavy atom. The normalized spacial score (nSPS) is 23.7. The highest BCUT2D eigenvalue weighted by atomic mass is 16.5. The number of piperazine rings is 1. The van der Waals surface area contributed by atoms with Crippen LogP contribution in [0.1, 0.15) is 27.2 Å². The average Bonchev–Trinajstić information content (AvgIpc) is 3.05. The summed E-state index contributed by atoms with van der Waals surface area (Å²) in [5, 5.41) is 0. The van der Waals surface area contributed by atoms with Gasteiger partial charge in [-0.1, -0.05) is 6.92 Å². The maximum Gasteiger partial charge on any atom is 0.257 e. The lowest BCUT2D eigenvalue weighted by atomic mass is 10.2. The Morgan fingerprint density at radius 3 is 2.57 bits per heavy atom. The average molecular weight is 319 g/mol. The molecule has 1 atom stereocenters. The quantitative estimate of drug-likeness (QED) is 0.819. The SMILES string of the molecule is CCN1CCN(C2CCN(c3nccnc3OC(C)C)C2)CC1. The Labute approximate surface area is 139 Å². The van der Waals surface area contributed by atoms with E-state index < -0.39 is 0 Å². The zero-order valence-corrected chi connectivity index (χ0v) is 14.6. The molecule has 1 aromatic heterocycles. The van der Waals surface area contributed by atoms with Gasteiger partial charge in [-0.05, 0) is 26.8 Å². The molecule has 3 rings (SSSR count). The summed E-state index contributed by atoms with van der Waals surface area (Å²) in [6.45, 7) is 14.3. The molecule has 23 heavy (non-hydrogen) atoms. The summed E-state index contributed by atoms with van der Waals surface area (Å²) < 4.78 is 5.83. The molecule has 1 aromatic rings. The van der Waals surface area contributed by atoms with Gasteiger partial charge in [0.25, 0.3) is 5.88 Å². The van der Waals surface area contributed by atoms with E-state index in [9.17, 15) is 0 Å². The van der Waals surface area contributed by atoms with Gasteiger partial charge in [0.2, 0.25) is 0 Å². The minimum Gasteiger partial charge on any atom is -0.472 e. The molecule has 0 bridgehead atoms. The second kappa shape index (κ2) is 7.45. The van der Waals surface area contributed by atoms with E-state index in [2.05, 4.69) is 31.6 Å². The van der Waals surface area contributed by atoms with Gasteiger partial charge in [0.1, 0.15) is 0 Å². The summed E-state index contributed by atoms with van der Waals surface area (Å²) in [7, 11) is 0. The van der Waals surface area contributed by atoms with Crippen LogP contribution in [-0.2, 0) is 0 Å². The van der Waals surface area contributed by atoms with Crippen LogP contribution in [0.15, 0.2) is 12.4 Å². The molecule has 0 N–H and O–H groups in total. The van der Waals surface area contributed by atoms with Crippen molar-refractivity contribution in [3.05, 3.63) is 12.4 Å². The number of hydrogen-bond acceptors (Lipinski definition) is 6. The Kier molecular flexibility index (Phi) is 5.33. The third-order valence-corrected chi connectivity index (χ3v) is 4.83. The lowest BCUT2D eigenvalue weighted by Crippen LogP contribution is -2.50. The third kappa shape index (κ3) is 3.93. The van der Waals surface area contributed by atoms with Gasteiger partial charge in [-0.3, -0.25) is 4.90 Å². The van der Waals surface area contributed by atoms with Crippen LogP contribution in [0.5, 0.6) is 5.88 Å². The van der Waals surface area contributed by atoms with E-state index in [-0.39, 0.29) is 6.10 Å². The van der Waals surface area contributed by atoms with Crippen molar-refractivity contribution in [2.75, 3.05) is 50.7 Å². The Bertz CT molecular complexity index is 502. The molecule has 6 heteroatoms. The van der Waals surface area contributed by atoms with Crippen molar-refractivity contribution in [1.82, 2.24) is 19.8 Å². The molecule has 2 saturated heterocycles. The van der Waals surface area contributed by atoms with Crippen molar-refractivity contribution in [3.63, 3.8) is 0 Å². The van der Waals surface area contributed by atoms with Crippen LogP contribution in [-0.4, -0.2) is 77.7 Å². The fourth-order valence-corrected chi connectivity index (χ4v) is 3.52. The van der Waals surface area contributed by atoms with Crippen LogP contribution in [0.25, 0.3) is 0 Å². The first kappa shape index (κ1) is 16.5. The van der Waals surface area contributed by atoms with Crippen molar-refractivity contribution in [2.24, 2.45) is 0 Å². The van der Waals surface area contributed by atoms with Gasteiger partial charge in [-0.15, -0.1) is 0 Å². The van der Waals surface area contributed by atoms with Gasteiger partial charge in [-0.2, -0.15) is 0 Å². The lowest BCUT2D eigenvalue weighted by Gasteiger charge is -2.37. The second-order valence-corrected chi connectivity index (χ2v) is 6.71. The van der Waals surface area contributed by atoms with E-state index in [4.69, 9.17) is 4.74 Å². The number of ether oxygens (including phenoxy) is 1. The number of aromatic nitrogens is 2. The number of anilines is 1. The summed E-state index contributed by atoms with van der Waals surface area (Å²) in [5.41, 5.74) is 0. The summed E-state index contributed by atoms with van der Waals surface area (Å²) in [5.74, 6) is 1.56. The number of likely N-dealkylation sites (N-methyl/N-ethyl adjacent to an activating group) is 1. The first-order valence-electron chi connectivity index (χ1n) is 8.86. The fourth-order valence-electron chi connectivity index (χ4n) is 3.52. The molecule has 2 aliphatic rings. The zero-order chi connectivity index (χ0) is 16.2. The summed E-state index contributed by atoms with van der Waals surface area (Å²) in [6, 6.07) is 0.628. The first-order valence-corrected chi connectivity index (χ1v) is 8.86. The van der Waals surface area contributed by atoms with Gasteiger partial charge in [0.15, 0.2) is 5.82 Å². The molecule has 6 nitrogen and oxygen atoms in total. The fraction of sp³-hybridized carbons (Fsp3) is 0.765. The number of nitrogens with zero attached hydrogens (tertiary/aromatic N) is 5. The molecule has 128 valence electrons. The summed E-state index contributed by atoms with van der Waals surface area (Å²) in [6.07, 6.45) is 4.78. The molecule has 0 aromatic carbocycles. The largest absolute Gasteiger partial charge is 0.472 e. The van der Waals surface area contributed by atoms with Crippen molar-refractivity contribution < 1.29 is 4.74 Å². The number of rotatable bonds is 5. The zero-order valence-electron chi connectivity index (χ0n) is 14.6. The van der Waals surface area contributed by atoms with Crippen LogP contribution in [0.3, 0.4) is 0 Å². The predicted molar refractivity (Wildman–Crippen MR) is 92.1 cm³/mol. The second-order valence-electron chi connectivity index (χ2n) is 6.71. The highest BCUT2D eigenvalue weighted by molar-refractivity contribution is 5.49. The molecule has 0 saturated carbocycles. The Morgan fingerprint density at radius 2 is 1.87 bits per heavy atom. The topological polar surface area (TPSA) is 44.7 Å². The van der Waals surface area contributed by atoms with Crippen molar-refractivity contribution in [1.29, 1.82) is 0 Å². The van der Waals surface area contributed by atoms with Gasteiger partial charge in [-0.25, -0.2) is 9.97 Å². The van der Waals surface area contributed by atoms with Crippen LogP contribution in [0, 0.1) is 0 Å². The van der Waals surface area contributed by atoms with Crippen LogP contribution in [0.2, 0.25) is 0 Å². The molecule has 0 radical (unpaired) electrons. The minimum atomic E-state index is 0.117. The maximum atomic E-state index is 5.83. The lowest BCUT2D eigenvalue weighted by molar-refractivity contribution is 0.107. The molecular formula is C17H29N5O. The molecule has 3 heterocycles. The van der Waals surface area contributed by atoms with Crippen LogP contribution in [0.4, 0.5) is 5.82 Å². The molecule has 0 aliphatic carbocycles. The van der Waals surface area contributed by atoms with Crippen molar-refractivity contribution in [2.45, 2.75) is 39.3 Å². The van der Waals surface area contributed by atoms with E-state index in [1.54, 1.807) is 12.4 Å². The minimum absolute atomic E-state index is 0.117. The van der Waals surface area contributed by atoms with Crippen LogP contribution >= 0.6 is 0 Å². The summed E-state index contributed by atoms with van der Waals surface area (Å²) in [4.78, 5) is 16.4. The molecule has 1 unspecified atom stereocenters. The Hall–Kier alpha value is -1.40. The van der Waals surface area contributed by atoms with Crippen LogP contribution < -0.4 is 9.64 Å². The van der Waals surface area contributed by atoms with E-state index in [0.29, 0.717) is 11.9 Å². The first-order chi connectivity index (χ1) is 11.2. The highest BCUT2D eigenvalue weighted by Gasteiger charge is 2.31. The van der Waals surface area contributed by atoms with Gasteiger partial charge in [0, 0.05) is 57.7 Å². The number of hydrogen-bond donors (Lipinski definition) is 0. The smallest absolute Gasteiger partial charge is 0.257 e.